The van der Waals surface area contributed by atoms with E-state index in [1.165, 1.54) is 18.1 Å². The third-order valence-electron chi connectivity index (χ3n) is 3.74. The number of nitrogens with one attached hydrogen (secondary N) is 1. The first kappa shape index (κ1) is 20.3. The summed E-state index contributed by atoms with van der Waals surface area (Å²) in [6.07, 6.45) is 0.586. The summed E-state index contributed by atoms with van der Waals surface area (Å²) < 4.78 is 45.0. The molecular formula is C19H19F3N2O3. The monoisotopic (exact) mass is 380 g/mol. The van der Waals surface area contributed by atoms with Gasteiger partial charge < -0.3 is 15.0 Å². The van der Waals surface area contributed by atoms with E-state index < -0.39 is 35.0 Å². The summed E-state index contributed by atoms with van der Waals surface area (Å²) in [4.78, 5) is 26.1. The average molecular weight is 380 g/mol. The van der Waals surface area contributed by atoms with Crippen LogP contribution in [-0.4, -0.2) is 36.9 Å². The van der Waals surface area contributed by atoms with E-state index in [4.69, 9.17) is 4.74 Å². The van der Waals surface area contributed by atoms with Crippen LogP contribution in [0.5, 0.6) is 5.75 Å². The lowest BCUT2D eigenvalue weighted by molar-refractivity contribution is -0.116. The number of rotatable bonds is 7. The van der Waals surface area contributed by atoms with Crippen molar-refractivity contribution < 1.29 is 27.5 Å². The maximum atomic E-state index is 13.7. The Hall–Kier alpha value is -3.03. The Labute approximate surface area is 154 Å². The molecule has 0 aliphatic carbocycles. The van der Waals surface area contributed by atoms with Crippen LogP contribution in [0.4, 0.5) is 18.9 Å². The molecule has 0 bridgehead atoms. The molecule has 0 spiro atoms. The summed E-state index contributed by atoms with van der Waals surface area (Å²) in [5, 5.41) is 2.16. The molecule has 27 heavy (non-hydrogen) atoms. The molecule has 2 rings (SSSR count). The molecule has 2 aromatic rings. The first-order valence-electron chi connectivity index (χ1n) is 8.24. The van der Waals surface area contributed by atoms with Crippen molar-refractivity contribution >= 4 is 17.5 Å². The van der Waals surface area contributed by atoms with Gasteiger partial charge in [0, 0.05) is 12.1 Å². The van der Waals surface area contributed by atoms with Gasteiger partial charge in [-0.3, -0.25) is 9.59 Å². The predicted molar refractivity (Wildman–Crippen MR) is 94.1 cm³/mol. The van der Waals surface area contributed by atoms with Gasteiger partial charge in [-0.25, -0.2) is 13.2 Å². The highest BCUT2D eigenvalue weighted by molar-refractivity contribution is 5.99. The fourth-order valence-corrected chi connectivity index (χ4v) is 2.45. The van der Waals surface area contributed by atoms with Crippen LogP contribution in [0.15, 0.2) is 36.4 Å². The normalized spacial score (nSPS) is 10.4. The first-order chi connectivity index (χ1) is 12.9. The topological polar surface area (TPSA) is 58.6 Å². The van der Waals surface area contributed by atoms with E-state index in [0.717, 1.165) is 6.07 Å². The van der Waals surface area contributed by atoms with Gasteiger partial charge in [-0.05, 0) is 36.8 Å². The third-order valence-corrected chi connectivity index (χ3v) is 3.74. The van der Waals surface area contributed by atoms with E-state index in [-0.39, 0.29) is 13.1 Å². The molecule has 0 aliphatic heterocycles. The molecule has 1 N–H and O–H groups in total. The molecular weight excluding hydrogens is 361 g/mol. The second-order valence-electron chi connectivity index (χ2n) is 5.73. The SMILES string of the molecule is CCCN(CC(=O)Nc1ccc(F)c(F)c1F)C(=O)c1cccc(OC)c1. The lowest BCUT2D eigenvalue weighted by atomic mass is 10.2. The number of carbonyl (C=O) groups excluding carboxylic acids is 2. The molecule has 2 aromatic carbocycles. The molecule has 0 aromatic heterocycles. The van der Waals surface area contributed by atoms with Crippen molar-refractivity contribution in [2.24, 2.45) is 0 Å². The standard InChI is InChI=1S/C19H19F3N2O3/c1-3-9-24(19(26)12-5-4-6-13(10-12)27-2)11-16(25)23-15-8-7-14(20)17(21)18(15)22/h4-8,10H,3,9,11H2,1-2H3,(H,23,25). The van der Waals surface area contributed by atoms with E-state index in [2.05, 4.69) is 5.32 Å². The van der Waals surface area contributed by atoms with Gasteiger partial charge >= 0.3 is 0 Å². The lowest BCUT2D eigenvalue weighted by Gasteiger charge is -2.22. The number of halogens is 3. The first-order valence-corrected chi connectivity index (χ1v) is 8.24. The fraction of sp³-hybridized carbons (Fsp3) is 0.263. The molecule has 5 nitrogen and oxygen atoms in total. The fourth-order valence-electron chi connectivity index (χ4n) is 2.45. The molecule has 0 saturated heterocycles. The second kappa shape index (κ2) is 9.07. The number of methoxy groups -OCH3 is 1. The summed E-state index contributed by atoms with van der Waals surface area (Å²) in [6.45, 7) is 1.74. The predicted octanol–water partition coefficient (Wildman–Crippen LogP) is 3.60. The van der Waals surface area contributed by atoms with E-state index in [1.807, 2.05) is 6.92 Å². The van der Waals surface area contributed by atoms with Crippen molar-refractivity contribution in [1.82, 2.24) is 4.90 Å². The van der Waals surface area contributed by atoms with Gasteiger partial charge in [0.15, 0.2) is 17.5 Å². The number of anilines is 1. The van der Waals surface area contributed by atoms with Gasteiger partial charge in [-0.1, -0.05) is 13.0 Å². The molecule has 0 heterocycles. The second-order valence-corrected chi connectivity index (χ2v) is 5.73. The number of hydrogen-bond acceptors (Lipinski definition) is 3. The molecule has 0 radical (unpaired) electrons. The van der Waals surface area contributed by atoms with Crippen LogP contribution in [-0.2, 0) is 4.79 Å². The molecule has 2 amide bonds. The highest BCUT2D eigenvalue weighted by Gasteiger charge is 2.20. The molecule has 144 valence electrons. The maximum Gasteiger partial charge on any atom is 0.254 e. The van der Waals surface area contributed by atoms with E-state index in [9.17, 15) is 22.8 Å². The summed E-state index contributed by atoms with van der Waals surface area (Å²) in [5.41, 5.74) is -0.168. The summed E-state index contributed by atoms with van der Waals surface area (Å²) in [7, 11) is 1.47. The molecule has 0 atom stereocenters. The van der Waals surface area contributed by atoms with Gasteiger partial charge in [-0.15, -0.1) is 0 Å². The zero-order valence-corrected chi connectivity index (χ0v) is 14.9. The molecule has 0 saturated carbocycles. The number of nitrogens with zero attached hydrogens (tertiary/aromatic N) is 1. The van der Waals surface area contributed by atoms with Crippen LogP contribution in [0.2, 0.25) is 0 Å². The largest absolute Gasteiger partial charge is 0.497 e. The number of benzene rings is 2. The van der Waals surface area contributed by atoms with Gasteiger partial charge in [0.25, 0.3) is 5.91 Å². The number of ether oxygens (including phenoxy) is 1. The summed E-state index contributed by atoms with van der Waals surface area (Å²) in [6, 6.07) is 8.07. The molecule has 0 aliphatic rings. The third kappa shape index (κ3) is 4.99. The van der Waals surface area contributed by atoms with Crippen molar-refractivity contribution in [1.29, 1.82) is 0 Å². The van der Waals surface area contributed by atoms with Crippen molar-refractivity contribution in [3.63, 3.8) is 0 Å². The van der Waals surface area contributed by atoms with Gasteiger partial charge in [0.05, 0.1) is 12.8 Å². The number of carbonyl (C=O) groups is 2. The Bertz CT molecular complexity index is 843. The molecule has 8 heteroatoms. The van der Waals surface area contributed by atoms with Gasteiger partial charge in [-0.2, -0.15) is 0 Å². The van der Waals surface area contributed by atoms with Crippen LogP contribution >= 0.6 is 0 Å². The minimum atomic E-state index is -1.68. The summed E-state index contributed by atoms with van der Waals surface area (Å²) >= 11 is 0. The molecule has 0 fully saturated rings. The van der Waals surface area contributed by atoms with Gasteiger partial charge in [0.2, 0.25) is 5.91 Å². The molecule has 0 unspecified atom stereocenters. The van der Waals surface area contributed by atoms with Crippen LogP contribution in [0, 0.1) is 17.5 Å². The zero-order valence-electron chi connectivity index (χ0n) is 14.9. The van der Waals surface area contributed by atoms with Crippen LogP contribution in [0.25, 0.3) is 0 Å². The highest BCUT2D eigenvalue weighted by Crippen LogP contribution is 2.20. The van der Waals surface area contributed by atoms with Crippen molar-refractivity contribution in [2.45, 2.75) is 13.3 Å². The van der Waals surface area contributed by atoms with Crippen LogP contribution in [0.1, 0.15) is 23.7 Å². The smallest absolute Gasteiger partial charge is 0.254 e. The van der Waals surface area contributed by atoms with Crippen molar-refractivity contribution in [3.8, 4) is 5.75 Å². The Morgan fingerprint density at radius 3 is 2.52 bits per heavy atom. The van der Waals surface area contributed by atoms with E-state index >= 15 is 0 Å². The number of hydrogen-bond donors (Lipinski definition) is 1. The van der Waals surface area contributed by atoms with Crippen molar-refractivity contribution in [2.75, 3.05) is 25.5 Å². The Morgan fingerprint density at radius 2 is 1.85 bits per heavy atom. The Morgan fingerprint density at radius 1 is 1.11 bits per heavy atom. The average Bonchev–Trinajstić information content (AvgIpc) is 2.67. The minimum absolute atomic E-state index is 0.281. The van der Waals surface area contributed by atoms with Crippen LogP contribution in [0.3, 0.4) is 0 Å². The zero-order chi connectivity index (χ0) is 20.0. The lowest BCUT2D eigenvalue weighted by Crippen LogP contribution is -2.38. The number of amides is 2. The van der Waals surface area contributed by atoms with E-state index in [0.29, 0.717) is 23.8 Å². The van der Waals surface area contributed by atoms with Gasteiger partial charge in [0.1, 0.15) is 12.3 Å². The minimum Gasteiger partial charge on any atom is -0.497 e. The Balaban J connectivity index is 2.14. The van der Waals surface area contributed by atoms with Crippen molar-refractivity contribution in [3.05, 3.63) is 59.4 Å². The maximum absolute atomic E-state index is 13.7. The highest BCUT2D eigenvalue weighted by atomic mass is 19.2. The summed E-state index contributed by atoms with van der Waals surface area (Å²) in [5.74, 6) is -5.17. The van der Waals surface area contributed by atoms with Crippen LogP contribution < -0.4 is 10.1 Å². The van der Waals surface area contributed by atoms with E-state index in [1.54, 1.807) is 18.2 Å². The Kier molecular flexibility index (Phi) is 6.81. The quantitative estimate of drug-likeness (QED) is 0.747.